The number of pyridine rings is 1. The Bertz CT molecular complexity index is 1140. The molecule has 1 amide bonds. The zero-order valence-corrected chi connectivity index (χ0v) is 17.0. The number of anilines is 1. The van der Waals surface area contributed by atoms with Crippen molar-refractivity contribution in [3.8, 4) is 22.9 Å². The van der Waals surface area contributed by atoms with Gasteiger partial charge in [-0.05, 0) is 23.8 Å². The highest BCUT2D eigenvalue weighted by Crippen LogP contribution is 2.28. The van der Waals surface area contributed by atoms with Crippen LogP contribution < -0.4 is 25.1 Å². The number of nitrogens with two attached hydrogens (primary N) is 1. The zero-order chi connectivity index (χ0) is 24.9. The number of ether oxygens (including phenoxy) is 2. The van der Waals surface area contributed by atoms with E-state index in [-0.39, 0.29) is 25.0 Å². The third-order valence-electron chi connectivity index (χ3n) is 4.18. The van der Waals surface area contributed by atoms with E-state index in [0.717, 1.165) is 16.7 Å². The highest BCUT2D eigenvalue weighted by Gasteiger charge is 2.32. The van der Waals surface area contributed by atoms with Crippen LogP contribution in [0.15, 0.2) is 55.0 Å². The summed E-state index contributed by atoms with van der Waals surface area (Å²) in [5.41, 5.74) is 5.78. The Kier molecular flexibility index (Phi) is 7.08. The first-order valence-corrected chi connectivity index (χ1v) is 9.40. The quantitative estimate of drug-likeness (QED) is 0.313. The maximum absolute atomic E-state index is 12.5. The number of benzene rings is 1. The molecule has 0 atom stereocenters. The molecule has 3 aromatic rings. The third kappa shape index (κ3) is 6.70. The van der Waals surface area contributed by atoms with E-state index in [1.165, 1.54) is 24.4 Å². The first-order valence-electron chi connectivity index (χ1n) is 9.40. The number of nitrogens with zero attached hydrogens (tertiary/aromatic N) is 3. The largest absolute Gasteiger partial charge is 0.573 e. The number of hydrogen-bond donors (Lipinski definition) is 2. The smallest absolute Gasteiger partial charge is 0.460 e. The Morgan fingerprint density at radius 1 is 0.971 bits per heavy atom. The van der Waals surface area contributed by atoms with Crippen LogP contribution >= 0.6 is 0 Å². The van der Waals surface area contributed by atoms with Crippen molar-refractivity contribution in [2.75, 3.05) is 18.9 Å². The summed E-state index contributed by atoms with van der Waals surface area (Å²) in [7, 11) is 0. The lowest BCUT2D eigenvalue weighted by molar-refractivity contribution is -0.556. The lowest BCUT2D eigenvalue weighted by atomic mass is 10.1. The van der Waals surface area contributed by atoms with Gasteiger partial charge in [-0.2, -0.15) is 17.7 Å². The Balaban J connectivity index is 1.58. The number of carbonyl (C=O) groups is 1. The van der Waals surface area contributed by atoms with E-state index in [2.05, 4.69) is 20.0 Å². The van der Waals surface area contributed by atoms with Crippen LogP contribution in [-0.2, 0) is 6.18 Å². The molecule has 0 bridgehead atoms. The monoisotopic (exact) mass is 488 g/mol. The van der Waals surface area contributed by atoms with Gasteiger partial charge in [-0.1, -0.05) is 12.1 Å². The average molecular weight is 488 g/mol. The fraction of sp³-hybridized carbons (Fsp3) is 0.200. The molecule has 0 aliphatic heterocycles. The minimum absolute atomic E-state index is 0.0522. The summed E-state index contributed by atoms with van der Waals surface area (Å²) in [4.78, 5) is 19.3. The van der Waals surface area contributed by atoms with Crippen LogP contribution in [0.2, 0.25) is 0 Å². The van der Waals surface area contributed by atoms with E-state index in [9.17, 15) is 31.1 Å². The van der Waals surface area contributed by atoms with Crippen LogP contribution in [0.5, 0.6) is 11.8 Å². The van der Waals surface area contributed by atoms with Gasteiger partial charge in [0.05, 0.1) is 18.3 Å². The molecule has 2 aromatic heterocycles. The summed E-state index contributed by atoms with van der Waals surface area (Å²) in [5, 5.41) is 2.50. The molecular formula is C20H16F6N5O3+. The Hall–Kier alpha value is -4.10. The number of nitrogens with one attached hydrogen (secondary N) is 1. The fourth-order valence-electron chi connectivity index (χ4n) is 2.63. The number of carbonyl (C=O) groups excluding carboxylic acids is 1. The van der Waals surface area contributed by atoms with E-state index in [1.54, 1.807) is 6.07 Å². The van der Waals surface area contributed by atoms with Gasteiger partial charge in [0.1, 0.15) is 12.4 Å². The van der Waals surface area contributed by atoms with Crippen molar-refractivity contribution in [1.82, 2.24) is 15.3 Å². The molecule has 180 valence electrons. The maximum atomic E-state index is 12.5. The zero-order valence-electron chi connectivity index (χ0n) is 17.0. The van der Waals surface area contributed by atoms with Crippen molar-refractivity contribution in [3.63, 3.8) is 0 Å². The van der Waals surface area contributed by atoms with Gasteiger partial charge in [0.2, 0.25) is 5.82 Å². The standard InChI is InChI=1S/C20H15F6N5O3/c21-19(22,23)14-9-29-17(30-10-14)33-8-7-28-18(32)31-11-13(3-6-16(31)27)12-1-4-15(5-2-12)34-20(24,25)26/h1-6,9-11,27H,7-8H2,(H,28,32)/p+1. The minimum Gasteiger partial charge on any atom is -0.460 e. The van der Waals surface area contributed by atoms with Crippen molar-refractivity contribution < 1.29 is 45.2 Å². The van der Waals surface area contributed by atoms with Crippen molar-refractivity contribution in [2.45, 2.75) is 12.5 Å². The second kappa shape index (κ2) is 9.80. The summed E-state index contributed by atoms with van der Waals surface area (Å²) in [5.74, 6) is -0.320. The average Bonchev–Trinajstić information content (AvgIpc) is 2.76. The van der Waals surface area contributed by atoms with Crippen molar-refractivity contribution >= 4 is 11.8 Å². The van der Waals surface area contributed by atoms with E-state index < -0.39 is 29.9 Å². The van der Waals surface area contributed by atoms with Crippen LogP contribution in [-0.4, -0.2) is 35.5 Å². The lowest BCUT2D eigenvalue weighted by Crippen LogP contribution is -2.52. The molecule has 3 rings (SSSR count). The highest BCUT2D eigenvalue weighted by atomic mass is 19.4. The summed E-state index contributed by atoms with van der Waals surface area (Å²) in [6, 6.07) is 7.09. The molecule has 0 aliphatic carbocycles. The van der Waals surface area contributed by atoms with E-state index in [0.29, 0.717) is 23.5 Å². The number of halogens is 6. The first-order chi connectivity index (χ1) is 15.9. The maximum Gasteiger partial charge on any atom is 0.573 e. The van der Waals surface area contributed by atoms with Gasteiger partial charge in [-0.25, -0.2) is 14.8 Å². The molecule has 14 heteroatoms. The molecule has 1 aromatic carbocycles. The highest BCUT2D eigenvalue weighted by molar-refractivity contribution is 5.69. The van der Waals surface area contributed by atoms with Gasteiger partial charge >= 0.3 is 24.6 Å². The van der Waals surface area contributed by atoms with Crippen molar-refractivity contribution in [2.24, 2.45) is 0 Å². The molecular weight excluding hydrogens is 472 g/mol. The topological polar surface area (TPSA) is 103 Å². The minimum atomic E-state index is -4.81. The van der Waals surface area contributed by atoms with Gasteiger partial charge in [0, 0.05) is 24.0 Å². The van der Waals surface area contributed by atoms with Gasteiger partial charge < -0.3 is 15.2 Å². The predicted octanol–water partition coefficient (Wildman–Crippen LogP) is 3.57. The molecule has 0 radical (unpaired) electrons. The number of alkyl halides is 6. The van der Waals surface area contributed by atoms with Crippen LogP contribution in [0.4, 0.5) is 37.0 Å². The van der Waals surface area contributed by atoms with Crippen LogP contribution in [0, 0.1) is 0 Å². The lowest BCUT2D eigenvalue weighted by Gasteiger charge is -2.10. The summed E-state index contributed by atoms with van der Waals surface area (Å²) >= 11 is 0. The van der Waals surface area contributed by atoms with Crippen molar-refractivity contribution in [3.05, 3.63) is 60.6 Å². The molecule has 8 nitrogen and oxygen atoms in total. The van der Waals surface area contributed by atoms with Crippen LogP contribution in [0.25, 0.3) is 11.1 Å². The number of hydrogen-bond acceptors (Lipinski definition) is 6. The van der Waals surface area contributed by atoms with E-state index in [4.69, 9.17) is 10.5 Å². The van der Waals surface area contributed by atoms with Gasteiger partial charge in [-0.15, -0.1) is 13.2 Å². The molecule has 0 spiro atoms. The molecule has 34 heavy (non-hydrogen) atoms. The fourth-order valence-corrected chi connectivity index (χ4v) is 2.63. The predicted molar refractivity (Wildman–Crippen MR) is 104 cm³/mol. The van der Waals surface area contributed by atoms with Gasteiger partial charge in [0.25, 0.3) is 0 Å². The third-order valence-corrected chi connectivity index (χ3v) is 4.18. The summed E-state index contributed by atoms with van der Waals surface area (Å²) in [6.07, 6.45) is -6.86. The van der Waals surface area contributed by atoms with E-state index >= 15 is 0 Å². The molecule has 0 fully saturated rings. The number of nitrogen functional groups attached to an aromatic ring is 1. The summed E-state index contributed by atoms with van der Waals surface area (Å²) < 4.78 is 84.4. The molecule has 0 saturated heterocycles. The number of amides is 1. The molecule has 0 aliphatic rings. The van der Waals surface area contributed by atoms with E-state index in [1.807, 2.05) is 0 Å². The molecule has 2 heterocycles. The first kappa shape index (κ1) is 24.5. The second-order valence-corrected chi connectivity index (χ2v) is 6.62. The molecule has 3 N–H and O–H groups in total. The Morgan fingerprint density at radius 3 is 2.18 bits per heavy atom. The molecule has 0 saturated carbocycles. The molecule has 0 unspecified atom stereocenters. The normalized spacial score (nSPS) is 11.7. The van der Waals surface area contributed by atoms with Gasteiger partial charge in [-0.3, -0.25) is 5.32 Å². The SMILES string of the molecule is Nc1ccc(-c2ccc(OC(F)(F)F)cc2)c[n+]1C(=O)NCCOc1ncc(C(F)(F)F)cn1. The van der Waals surface area contributed by atoms with Gasteiger partial charge in [0.15, 0.2) is 0 Å². The Labute approximate surface area is 188 Å². The number of rotatable bonds is 6. The summed E-state index contributed by atoms with van der Waals surface area (Å²) in [6.45, 7) is -0.193. The Morgan fingerprint density at radius 2 is 1.59 bits per heavy atom. The van der Waals surface area contributed by atoms with Crippen LogP contribution in [0.1, 0.15) is 5.56 Å². The van der Waals surface area contributed by atoms with Crippen molar-refractivity contribution in [1.29, 1.82) is 0 Å². The second-order valence-electron chi connectivity index (χ2n) is 6.62. The number of aromatic nitrogens is 3. The van der Waals surface area contributed by atoms with Crippen LogP contribution in [0.3, 0.4) is 0 Å².